The topological polar surface area (TPSA) is 84.1 Å². The van der Waals surface area contributed by atoms with Crippen molar-refractivity contribution in [1.82, 2.24) is 15.3 Å². The number of amides is 1. The highest BCUT2D eigenvalue weighted by Gasteiger charge is 2.24. The lowest BCUT2D eigenvalue weighted by atomic mass is 10.1. The average Bonchev–Trinajstić information content (AvgIpc) is 3.14. The third-order valence-electron chi connectivity index (χ3n) is 3.62. The molecule has 1 amide bonds. The lowest BCUT2D eigenvalue weighted by Gasteiger charge is -2.17. The minimum Gasteiger partial charge on any atom is -0.464 e. The van der Waals surface area contributed by atoms with Crippen LogP contribution in [-0.2, 0) is 16.0 Å². The summed E-state index contributed by atoms with van der Waals surface area (Å²) in [7, 11) is 0. The van der Waals surface area contributed by atoms with Gasteiger partial charge in [0.2, 0.25) is 0 Å². The number of nitrogens with one attached hydrogen (secondary N) is 2. The molecular formula is C19H21N3O3. The van der Waals surface area contributed by atoms with Crippen LogP contribution < -0.4 is 5.32 Å². The Kier molecular flexibility index (Phi) is 6.78. The lowest BCUT2D eigenvalue weighted by Crippen LogP contribution is -2.43. The molecule has 1 atom stereocenters. The number of aromatic nitrogens is 2. The molecule has 0 spiro atoms. The van der Waals surface area contributed by atoms with Crippen LogP contribution in [0.15, 0.2) is 36.8 Å². The predicted octanol–water partition coefficient (Wildman–Crippen LogP) is 2.08. The number of H-pyrrole nitrogens is 1. The number of rotatable bonds is 8. The van der Waals surface area contributed by atoms with Gasteiger partial charge in [0, 0.05) is 29.4 Å². The molecule has 0 saturated carbocycles. The van der Waals surface area contributed by atoms with E-state index in [4.69, 9.17) is 11.2 Å². The van der Waals surface area contributed by atoms with Crippen molar-refractivity contribution in [3.05, 3.63) is 53.6 Å². The number of unbranched alkanes of at least 4 members (excludes halogenated alkanes) is 1. The molecule has 2 rings (SSSR count). The second kappa shape index (κ2) is 9.28. The summed E-state index contributed by atoms with van der Waals surface area (Å²) >= 11 is 0. The molecule has 0 aliphatic rings. The molecule has 6 heteroatoms. The van der Waals surface area contributed by atoms with Crippen LogP contribution >= 0.6 is 0 Å². The molecule has 130 valence electrons. The Hall–Kier alpha value is -3.07. The van der Waals surface area contributed by atoms with Crippen LogP contribution in [0.1, 0.15) is 41.4 Å². The first kappa shape index (κ1) is 18.3. The van der Waals surface area contributed by atoms with Crippen molar-refractivity contribution in [2.24, 2.45) is 0 Å². The van der Waals surface area contributed by atoms with E-state index in [0.29, 0.717) is 17.7 Å². The smallest absolute Gasteiger partial charge is 0.329 e. The number of hydrogen-bond donors (Lipinski definition) is 2. The third-order valence-corrected chi connectivity index (χ3v) is 3.62. The van der Waals surface area contributed by atoms with Gasteiger partial charge in [-0.15, -0.1) is 6.42 Å². The van der Waals surface area contributed by atoms with Crippen molar-refractivity contribution in [3.8, 4) is 12.3 Å². The van der Waals surface area contributed by atoms with Gasteiger partial charge in [-0.3, -0.25) is 4.79 Å². The molecular weight excluding hydrogens is 318 g/mol. The number of terminal acetylenes is 1. The van der Waals surface area contributed by atoms with Gasteiger partial charge < -0.3 is 15.0 Å². The van der Waals surface area contributed by atoms with E-state index in [1.54, 1.807) is 30.5 Å². The maximum absolute atomic E-state index is 12.4. The number of ether oxygens (including phenoxy) is 1. The second-order valence-electron chi connectivity index (χ2n) is 5.55. The van der Waals surface area contributed by atoms with Gasteiger partial charge in [-0.2, -0.15) is 0 Å². The Morgan fingerprint density at radius 1 is 1.36 bits per heavy atom. The number of imidazole rings is 1. The highest BCUT2D eigenvalue weighted by atomic mass is 16.5. The zero-order chi connectivity index (χ0) is 18.1. The largest absolute Gasteiger partial charge is 0.464 e. The summed E-state index contributed by atoms with van der Waals surface area (Å²) in [5, 5.41) is 2.72. The molecule has 25 heavy (non-hydrogen) atoms. The van der Waals surface area contributed by atoms with Crippen LogP contribution in [0.3, 0.4) is 0 Å². The molecule has 1 aromatic carbocycles. The summed E-state index contributed by atoms with van der Waals surface area (Å²) in [6.07, 6.45) is 10.4. The van der Waals surface area contributed by atoms with Crippen LogP contribution in [0, 0.1) is 12.3 Å². The van der Waals surface area contributed by atoms with Gasteiger partial charge in [-0.25, -0.2) is 9.78 Å². The number of carbonyl (C=O) groups is 2. The normalized spacial score (nSPS) is 11.4. The monoisotopic (exact) mass is 339 g/mol. The number of carbonyl (C=O) groups excluding carboxylic acids is 2. The van der Waals surface area contributed by atoms with Gasteiger partial charge in [0.05, 0.1) is 12.9 Å². The number of nitrogens with zero attached hydrogens (tertiary/aromatic N) is 1. The maximum atomic E-state index is 12.4. The average molecular weight is 339 g/mol. The SMILES string of the molecule is C#Cc1ccc(C(=O)N[C@H](Cc2cnc[nH]2)C(=O)OCCCC)cc1. The minimum absolute atomic E-state index is 0.277. The Morgan fingerprint density at radius 3 is 2.72 bits per heavy atom. The Morgan fingerprint density at radius 2 is 2.12 bits per heavy atom. The van der Waals surface area contributed by atoms with Gasteiger partial charge in [0.25, 0.3) is 5.91 Å². The van der Waals surface area contributed by atoms with E-state index < -0.39 is 12.0 Å². The molecule has 2 N–H and O–H groups in total. The fourth-order valence-corrected chi connectivity index (χ4v) is 2.19. The van der Waals surface area contributed by atoms with Gasteiger partial charge in [-0.05, 0) is 30.7 Å². The quantitative estimate of drug-likeness (QED) is 0.438. The first-order valence-electron chi connectivity index (χ1n) is 8.15. The summed E-state index contributed by atoms with van der Waals surface area (Å²) in [4.78, 5) is 31.6. The minimum atomic E-state index is -0.794. The van der Waals surface area contributed by atoms with Crippen molar-refractivity contribution >= 4 is 11.9 Å². The van der Waals surface area contributed by atoms with Crippen molar-refractivity contribution in [2.75, 3.05) is 6.61 Å². The van der Waals surface area contributed by atoms with Crippen LogP contribution in [-0.4, -0.2) is 34.5 Å². The predicted molar refractivity (Wildman–Crippen MR) is 93.8 cm³/mol. The molecule has 1 aromatic heterocycles. The van der Waals surface area contributed by atoms with Crippen LogP contribution in [0.2, 0.25) is 0 Å². The van der Waals surface area contributed by atoms with Gasteiger partial charge in [-0.1, -0.05) is 19.3 Å². The van der Waals surface area contributed by atoms with Crippen molar-refractivity contribution < 1.29 is 14.3 Å². The van der Waals surface area contributed by atoms with Crippen molar-refractivity contribution in [3.63, 3.8) is 0 Å². The van der Waals surface area contributed by atoms with E-state index in [0.717, 1.165) is 18.5 Å². The zero-order valence-corrected chi connectivity index (χ0v) is 14.1. The molecule has 0 fully saturated rings. The molecule has 0 unspecified atom stereocenters. The summed E-state index contributed by atoms with van der Waals surface area (Å²) in [6.45, 7) is 2.35. The first-order chi connectivity index (χ1) is 12.1. The highest BCUT2D eigenvalue weighted by Crippen LogP contribution is 2.07. The van der Waals surface area contributed by atoms with Crippen LogP contribution in [0.25, 0.3) is 0 Å². The summed E-state index contributed by atoms with van der Waals surface area (Å²) in [6, 6.07) is 5.81. The third kappa shape index (κ3) is 5.50. The van der Waals surface area contributed by atoms with E-state index in [2.05, 4.69) is 21.2 Å². The van der Waals surface area contributed by atoms with E-state index in [9.17, 15) is 9.59 Å². The fourth-order valence-electron chi connectivity index (χ4n) is 2.19. The zero-order valence-electron chi connectivity index (χ0n) is 14.1. The van der Waals surface area contributed by atoms with Gasteiger partial charge >= 0.3 is 5.97 Å². The summed E-state index contributed by atoms with van der Waals surface area (Å²) in [5.74, 6) is 1.67. The van der Waals surface area contributed by atoms with Crippen molar-refractivity contribution in [2.45, 2.75) is 32.2 Å². The van der Waals surface area contributed by atoms with E-state index in [-0.39, 0.29) is 12.3 Å². The molecule has 0 radical (unpaired) electrons. The first-order valence-corrected chi connectivity index (χ1v) is 8.15. The lowest BCUT2D eigenvalue weighted by molar-refractivity contribution is -0.146. The Bertz CT molecular complexity index is 730. The summed E-state index contributed by atoms with van der Waals surface area (Å²) in [5.41, 5.74) is 1.85. The molecule has 0 aliphatic carbocycles. The molecule has 0 bridgehead atoms. The summed E-state index contributed by atoms with van der Waals surface area (Å²) < 4.78 is 5.25. The highest BCUT2D eigenvalue weighted by molar-refractivity contribution is 5.96. The molecule has 1 heterocycles. The molecule has 2 aromatic rings. The number of hydrogen-bond acceptors (Lipinski definition) is 4. The van der Waals surface area contributed by atoms with Gasteiger partial charge in [0.1, 0.15) is 6.04 Å². The number of aromatic amines is 1. The molecule has 0 saturated heterocycles. The van der Waals surface area contributed by atoms with Crippen LogP contribution in [0.5, 0.6) is 0 Å². The number of esters is 1. The van der Waals surface area contributed by atoms with E-state index in [1.165, 1.54) is 6.33 Å². The fraction of sp³-hybridized carbons (Fsp3) is 0.316. The van der Waals surface area contributed by atoms with E-state index >= 15 is 0 Å². The Labute approximate surface area is 147 Å². The molecule has 6 nitrogen and oxygen atoms in total. The standard InChI is InChI=1S/C19H21N3O3/c1-3-5-10-25-19(24)17(11-16-12-20-13-21-16)22-18(23)15-8-6-14(4-2)7-9-15/h2,6-9,12-13,17H,3,5,10-11H2,1H3,(H,20,21)(H,22,23)/t17-/m1/s1. The van der Waals surface area contributed by atoms with E-state index in [1.807, 2.05) is 6.92 Å². The molecule has 0 aliphatic heterocycles. The maximum Gasteiger partial charge on any atom is 0.329 e. The van der Waals surface area contributed by atoms with Gasteiger partial charge in [0.15, 0.2) is 0 Å². The second-order valence-corrected chi connectivity index (χ2v) is 5.55. The Balaban J connectivity index is 2.06. The van der Waals surface area contributed by atoms with Crippen LogP contribution in [0.4, 0.5) is 0 Å². The number of benzene rings is 1. The van der Waals surface area contributed by atoms with Crippen molar-refractivity contribution in [1.29, 1.82) is 0 Å².